The van der Waals surface area contributed by atoms with Crippen LogP contribution in [0.3, 0.4) is 0 Å². The van der Waals surface area contributed by atoms with Crippen LogP contribution < -0.4 is 10.6 Å². The molecule has 1 rings (SSSR count). The van der Waals surface area contributed by atoms with E-state index in [4.69, 9.17) is 0 Å². The second-order valence-corrected chi connectivity index (χ2v) is 6.29. The highest BCUT2D eigenvalue weighted by atomic mass is 15.2. The number of likely N-dealkylation sites (tertiary alicyclic amines) is 1. The topological polar surface area (TPSA) is 39.7 Å². The van der Waals surface area contributed by atoms with Crippen LogP contribution in [-0.2, 0) is 0 Å². The van der Waals surface area contributed by atoms with Gasteiger partial charge >= 0.3 is 0 Å². The number of piperidine rings is 1. The van der Waals surface area contributed by atoms with Crippen molar-refractivity contribution in [2.75, 3.05) is 33.2 Å². The molecular formula is C17H34N4. The summed E-state index contributed by atoms with van der Waals surface area (Å²) in [6, 6.07) is 0.541. The van der Waals surface area contributed by atoms with Crippen molar-refractivity contribution in [1.82, 2.24) is 15.5 Å². The Balaban J connectivity index is 2.30. The Labute approximate surface area is 131 Å². The zero-order valence-corrected chi connectivity index (χ0v) is 14.4. The molecule has 0 aromatic rings. The number of nitrogens with zero attached hydrogens (tertiary/aromatic N) is 2. The molecule has 1 saturated heterocycles. The van der Waals surface area contributed by atoms with Crippen LogP contribution in [-0.4, -0.2) is 50.1 Å². The minimum atomic E-state index is 0.541. The average molecular weight is 294 g/mol. The Morgan fingerprint density at radius 3 is 2.38 bits per heavy atom. The van der Waals surface area contributed by atoms with Crippen molar-refractivity contribution in [1.29, 1.82) is 0 Å². The molecule has 0 atom stereocenters. The van der Waals surface area contributed by atoms with E-state index < -0.39 is 0 Å². The molecule has 4 heteroatoms. The Kier molecular flexibility index (Phi) is 8.43. The first-order chi connectivity index (χ1) is 10.1. The van der Waals surface area contributed by atoms with E-state index in [2.05, 4.69) is 47.9 Å². The maximum Gasteiger partial charge on any atom is 0.191 e. The van der Waals surface area contributed by atoms with Gasteiger partial charge in [0.2, 0.25) is 0 Å². The zero-order chi connectivity index (χ0) is 15.7. The first-order valence-electron chi connectivity index (χ1n) is 8.42. The molecule has 1 aliphatic rings. The molecule has 2 N–H and O–H groups in total. The number of aliphatic imine (C=N–C) groups is 1. The van der Waals surface area contributed by atoms with Gasteiger partial charge in [-0.25, -0.2) is 0 Å². The summed E-state index contributed by atoms with van der Waals surface area (Å²) in [7, 11) is 1.86. The fourth-order valence-electron chi connectivity index (χ4n) is 2.82. The summed E-state index contributed by atoms with van der Waals surface area (Å²) in [6.45, 7) is 15.0. The molecule has 0 unspecified atom stereocenters. The lowest BCUT2D eigenvalue weighted by Crippen LogP contribution is -2.49. The highest BCUT2D eigenvalue weighted by molar-refractivity contribution is 5.79. The maximum atomic E-state index is 4.36. The van der Waals surface area contributed by atoms with Crippen molar-refractivity contribution in [3.8, 4) is 0 Å². The molecular weight excluding hydrogens is 260 g/mol. The minimum Gasteiger partial charge on any atom is -0.356 e. The second-order valence-electron chi connectivity index (χ2n) is 6.29. The molecule has 1 aliphatic heterocycles. The fourth-order valence-corrected chi connectivity index (χ4v) is 2.82. The van der Waals surface area contributed by atoms with E-state index in [1.165, 1.54) is 31.3 Å². The molecule has 21 heavy (non-hydrogen) atoms. The van der Waals surface area contributed by atoms with E-state index >= 15 is 0 Å². The summed E-state index contributed by atoms with van der Waals surface area (Å²) in [4.78, 5) is 6.84. The van der Waals surface area contributed by atoms with Crippen molar-refractivity contribution < 1.29 is 0 Å². The second kappa shape index (κ2) is 9.82. The number of rotatable bonds is 7. The smallest absolute Gasteiger partial charge is 0.191 e. The molecule has 0 amide bonds. The van der Waals surface area contributed by atoms with Gasteiger partial charge in [0.1, 0.15) is 0 Å². The number of guanidine groups is 1. The zero-order valence-electron chi connectivity index (χ0n) is 14.4. The predicted octanol–water partition coefficient (Wildman–Crippen LogP) is 2.63. The molecule has 0 aromatic heterocycles. The van der Waals surface area contributed by atoms with Gasteiger partial charge in [-0.2, -0.15) is 0 Å². The summed E-state index contributed by atoms with van der Waals surface area (Å²) in [5, 5.41) is 7.05. The van der Waals surface area contributed by atoms with Crippen LogP contribution in [0.5, 0.6) is 0 Å². The summed E-state index contributed by atoms with van der Waals surface area (Å²) in [5.74, 6) is 1.70. The Morgan fingerprint density at radius 2 is 1.90 bits per heavy atom. The highest BCUT2D eigenvalue weighted by Crippen LogP contribution is 2.11. The molecule has 0 bridgehead atoms. The molecule has 0 aliphatic carbocycles. The number of hydrogen-bond donors (Lipinski definition) is 2. The van der Waals surface area contributed by atoms with E-state index in [1.54, 1.807) is 0 Å². The van der Waals surface area contributed by atoms with E-state index in [0.717, 1.165) is 38.1 Å². The first-order valence-corrected chi connectivity index (χ1v) is 8.42. The van der Waals surface area contributed by atoms with Gasteiger partial charge in [-0.3, -0.25) is 9.89 Å². The highest BCUT2D eigenvalue weighted by Gasteiger charge is 2.19. The normalized spacial score (nSPS) is 18.0. The van der Waals surface area contributed by atoms with E-state index in [0.29, 0.717) is 6.04 Å². The van der Waals surface area contributed by atoms with Gasteiger partial charge in [-0.15, -0.1) is 0 Å². The first kappa shape index (κ1) is 18.0. The molecule has 122 valence electrons. The Morgan fingerprint density at radius 1 is 1.29 bits per heavy atom. The Bertz CT molecular complexity index is 326. The molecule has 0 saturated carbocycles. The molecule has 1 heterocycles. The van der Waals surface area contributed by atoms with Crippen LogP contribution in [0.4, 0.5) is 0 Å². The van der Waals surface area contributed by atoms with E-state index in [-0.39, 0.29) is 0 Å². The van der Waals surface area contributed by atoms with Crippen LogP contribution >= 0.6 is 0 Å². The largest absolute Gasteiger partial charge is 0.356 e. The van der Waals surface area contributed by atoms with E-state index in [1.807, 2.05) is 7.05 Å². The molecule has 1 fully saturated rings. The lowest BCUT2D eigenvalue weighted by molar-refractivity contribution is 0.221. The van der Waals surface area contributed by atoms with Crippen LogP contribution in [0.25, 0.3) is 0 Å². The lowest BCUT2D eigenvalue weighted by atomic mass is 10.0. The van der Waals surface area contributed by atoms with Gasteiger partial charge in [-0.1, -0.05) is 38.8 Å². The summed E-state index contributed by atoms with van der Waals surface area (Å²) < 4.78 is 0. The van der Waals surface area contributed by atoms with Gasteiger partial charge in [0.15, 0.2) is 5.96 Å². The van der Waals surface area contributed by atoms with Crippen molar-refractivity contribution in [3.05, 3.63) is 12.2 Å². The third-order valence-electron chi connectivity index (χ3n) is 4.36. The number of nitrogens with one attached hydrogen (secondary N) is 2. The quantitative estimate of drug-likeness (QED) is 0.431. The molecule has 0 aromatic carbocycles. The van der Waals surface area contributed by atoms with Crippen molar-refractivity contribution in [3.63, 3.8) is 0 Å². The molecule has 4 nitrogen and oxygen atoms in total. The van der Waals surface area contributed by atoms with Crippen molar-refractivity contribution in [2.24, 2.45) is 10.9 Å². The third-order valence-corrected chi connectivity index (χ3v) is 4.36. The third kappa shape index (κ3) is 6.98. The predicted molar refractivity (Wildman–Crippen MR) is 92.8 cm³/mol. The van der Waals surface area contributed by atoms with E-state index in [9.17, 15) is 0 Å². The monoisotopic (exact) mass is 294 g/mol. The van der Waals surface area contributed by atoms with Gasteiger partial charge in [-0.05, 0) is 25.7 Å². The maximum absolute atomic E-state index is 4.36. The van der Waals surface area contributed by atoms with Crippen LogP contribution in [0.15, 0.2) is 17.1 Å². The molecule has 0 spiro atoms. The van der Waals surface area contributed by atoms with Gasteiger partial charge in [0.25, 0.3) is 0 Å². The van der Waals surface area contributed by atoms with Crippen LogP contribution in [0.1, 0.15) is 46.5 Å². The summed E-state index contributed by atoms with van der Waals surface area (Å²) in [6.07, 6.45) is 4.80. The average Bonchev–Trinajstić information content (AvgIpc) is 2.48. The Hall–Kier alpha value is -1.03. The molecule has 0 radical (unpaired) electrons. The van der Waals surface area contributed by atoms with Crippen molar-refractivity contribution in [2.45, 2.75) is 52.5 Å². The van der Waals surface area contributed by atoms with Crippen LogP contribution in [0, 0.1) is 5.92 Å². The summed E-state index contributed by atoms with van der Waals surface area (Å²) in [5.41, 5.74) is 1.25. The fraction of sp³-hybridized carbons (Fsp3) is 0.824. The SMILES string of the molecule is C=C(C)CN1CCC(NC(=NC)NCC(CC)CC)CC1. The summed E-state index contributed by atoms with van der Waals surface area (Å²) >= 11 is 0. The standard InChI is InChI=1S/C17H34N4/c1-6-15(7-2)12-19-17(18-5)20-16-8-10-21(11-9-16)13-14(3)4/h15-16H,3,6-13H2,1-2,4-5H3,(H2,18,19,20). The number of hydrogen-bond acceptors (Lipinski definition) is 2. The van der Waals surface area contributed by atoms with Crippen LogP contribution in [0.2, 0.25) is 0 Å². The van der Waals surface area contributed by atoms with Gasteiger partial charge in [0, 0.05) is 39.3 Å². The van der Waals surface area contributed by atoms with Gasteiger partial charge < -0.3 is 10.6 Å². The minimum absolute atomic E-state index is 0.541. The van der Waals surface area contributed by atoms with Gasteiger partial charge in [0.05, 0.1) is 0 Å². The van der Waals surface area contributed by atoms with Crippen molar-refractivity contribution >= 4 is 5.96 Å². The lowest BCUT2D eigenvalue weighted by Gasteiger charge is -2.33.